The number of aliphatic hydroxyl groups excluding tert-OH is 2. The lowest BCUT2D eigenvalue weighted by molar-refractivity contribution is -0.670. The molecule has 0 atom stereocenters. The summed E-state index contributed by atoms with van der Waals surface area (Å²) < 4.78 is 3.72. The molecule has 0 spiro atoms. The number of anilines is 2. The lowest BCUT2D eigenvalue weighted by atomic mass is 9.98. The largest absolute Gasteiger partial charge is 0.494 e. The molecule has 2 aromatic heterocycles. The van der Waals surface area contributed by atoms with Crippen molar-refractivity contribution in [3.63, 3.8) is 0 Å². The Morgan fingerprint density at radius 1 is 0.630 bits per heavy atom. The second-order valence-electron chi connectivity index (χ2n) is 10.9. The minimum Gasteiger partial charge on any atom is -0.494 e. The van der Waals surface area contributed by atoms with Crippen LogP contribution in [0.3, 0.4) is 0 Å². The van der Waals surface area contributed by atoms with E-state index >= 15 is 0 Å². The molecule has 0 aliphatic heterocycles. The van der Waals surface area contributed by atoms with E-state index in [1.165, 1.54) is 0 Å². The van der Waals surface area contributed by atoms with Crippen LogP contribution in [0.5, 0.6) is 0 Å². The Hall–Kier alpha value is -6.16. The van der Waals surface area contributed by atoms with Gasteiger partial charge < -0.3 is 20.8 Å². The average Bonchev–Trinajstić information content (AvgIpc) is 3.02. The van der Waals surface area contributed by atoms with E-state index < -0.39 is 11.8 Å². The summed E-state index contributed by atoms with van der Waals surface area (Å²) in [6, 6.07) is 10.7. The van der Waals surface area contributed by atoms with Gasteiger partial charge in [-0.15, -0.1) is 0 Å². The minimum absolute atomic E-state index is 0.0250. The Balaban J connectivity index is 1.25. The maximum atomic E-state index is 13.1. The Morgan fingerprint density at radius 3 is 1.35 bits per heavy atom. The summed E-state index contributed by atoms with van der Waals surface area (Å²) in [7, 11) is 3.77. The molecule has 4 N–H and O–H groups in total. The monoisotopic (exact) mass is 614 g/mol. The van der Waals surface area contributed by atoms with Crippen LogP contribution in [-0.4, -0.2) is 33.5 Å². The molecule has 0 fully saturated rings. The predicted octanol–water partition coefficient (Wildman–Crippen LogP) is 5.13. The summed E-state index contributed by atoms with van der Waals surface area (Å²) in [5.74, 6) is -0.945. The number of pyridine rings is 2. The van der Waals surface area contributed by atoms with Crippen LogP contribution in [0, 0.1) is 13.8 Å². The fraction of sp³-hybridized carbons (Fsp3) is 0.111. The first-order valence-electron chi connectivity index (χ1n) is 14.5. The van der Waals surface area contributed by atoms with Crippen LogP contribution in [0.15, 0.2) is 143 Å². The van der Waals surface area contributed by atoms with Crippen LogP contribution in [0.1, 0.15) is 31.8 Å². The van der Waals surface area contributed by atoms with E-state index in [-0.39, 0.29) is 11.8 Å². The number of hydrogen-bond donors (Lipinski definition) is 4. The van der Waals surface area contributed by atoms with Gasteiger partial charge in [-0.05, 0) is 97.8 Å². The standard InChI is InChI=1S/C36H32N6O4/c1-23-19-32(36(46)38-28-15-11-26(12-16-28)34(44)40-30-8-6-18-42(4)22-30)24(2)20-31(23)35(45)37-27-13-9-25(10-14-27)33(43)39-29-7-5-17-41(3)21-29/h5-22H,1-4H3,(H2-2,37,38,39,40,43,44,45,46)/p+2. The number of benzene rings is 1. The number of rotatable bonds is 6. The number of aliphatic hydroxyl groups is 2. The molecule has 10 heteroatoms. The Kier molecular flexibility index (Phi) is 9.28. The molecular formula is C36H34N6O4+2. The zero-order valence-corrected chi connectivity index (χ0v) is 25.9. The van der Waals surface area contributed by atoms with Crippen molar-refractivity contribution in [2.45, 2.75) is 13.8 Å². The van der Waals surface area contributed by atoms with E-state index in [2.05, 4.69) is 20.6 Å². The third kappa shape index (κ3) is 7.67. The number of allylic oxidation sites excluding steroid dienone is 10. The summed E-state index contributed by atoms with van der Waals surface area (Å²) in [5, 5.41) is 26.9. The van der Waals surface area contributed by atoms with Crippen molar-refractivity contribution >= 4 is 34.6 Å². The highest BCUT2D eigenvalue weighted by atomic mass is 16.3. The molecule has 0 saturated carbocycles. The van der Waals surface area contributed by atoms with Crippen molar-refractivity contribution in [3.8, 4) is 0 Å². The van der Waals surface area contributed by atoms with Gasteiger partial charge in [0.1, 0.15) is 25.5 Å². The van der Waals surface area contributed by atoms with Gasteiger partial charge in [0.05, 0.1) is 11.4 Å². The lowest BCUT2D eigenvalue weighted by Crippen LogP contribution is -2.26. The average molecular weight is 615 g/mol. The number of nitrogens with one attached hydrogen (secondary N) is 2. The Bertz CT molecular complexity index is 1810. The topological polar surface area (TPSA) is 131 Å². The number of amides is 2. The quantitative estimate of drug-likeness (QED) is 0.225. The van der Waals surface area contributed by atoms with Crippen LogP contribution in [0.2, 0.25) is 0 Å². The van der Waals surface area contributed by atoms with Crippen LogP contribution in [-0.2, 0) is 14.1 Å². The SMILES string of the molecule is Cc1cc(C(=O)N=C2C=CC(=C(O)Nc3ccc[n+](C)c3)C=C2)c(C)cc1C(=O)N=C1C=CC(=C(O)Nc2ccc[n+](C)c2)C=C1. The van der Waals surface area contributed by atoms with Gasteiger partial charge in [0.15, 0.2) is 36.6 Å². The third-order valence-electron chi connectivity index (χ3n) is 7.18. The molecular weight excluding hydrogens is 580 g/mol. The molecule has 0 saturated heterocycles. The number of aryl methyl sites for hydroxylation is 4. The summed E-state index contributed by atoms with van der Waals surface area (Å²) in [6.07, 6.45) is 20.7. The van der Waals surface area contributed by atoms with E-state index in [0.717, 1.165) is 11.4 Å². The lowest BCUT2D eigenvalue weighted by Gasteiger charge is -2.10. The van der Waals surface area contributed by atoms with E-state index in [9.17, 15) is 19.8 Å². The first-order chi connectivity index (χ1) is 22.0. The molecule has 230 valence electrons. The van der Waals surface area contributed by atoms with Crippen molar-refractivity contribution in [2.75, 3.05) is 10.6 Å². The van der Waals surface area contributed by atoms with Gasteiger partial charge in [0.25, 0.3) is 11.8 Å². The molecule has 5 rings (SSSR count). The highest BCUT2D eigenvalue weighted by Gasteiger charge is 2.17. The zero-order valence-electron chi connectivity index (χ0n) is 25.9. The van der Waals surface area contributed by atoms with Gasteiger partial charge in [-0.25, -0.2) is 19.1 Å². The van der Waals surface area contributed by atoms with Crippen molar-refractivity contribution in [1.29, 1.82) is 0 Å². The zero-order chi connectivity index (χ0) is 32.8. The first kappa shape index (κ1) is 31.3. The molecule has 2 heterocycles. The molecule has 2 amide bonds. The molecule has 1 aromatic carbocycles. The van der Waals surface area contributed by atoms with Gasteiger partial charge in [-0.3, -0.25) is 9.59 Å². The van der Waals surface area contributed by atoms with Crippen LogP contribution >= 0.6 is 0 Å². The smallest absolute Gasteiger partial charge is 0.277 e. The van der Waals surface area contributed by atoms with Crippen molar-refractivity contribution < 1.29 is 28.9 Å². The van der Waals surface area contributed by atoms with E-state index in [1.807, 2.05) is 72.3 Å². The van der Waals surface area contributed by atoms with Crippen LogP contribution < -0.4 is 19.8 Å². The van der Waals surface area contributed by atoms with E-state index in [4.69, 9.17) is 0 Å². The highest BCUT2D eigenvalue weighted by Crippen LogP contribution is 2.21. The number of aromatic nitrogens is 2. The number of hydrogen-bond acceptors (Lipinski definition) is 6. The van der Waals surface area contributed by atoms with Gasteiger partial charge in [0.2, 0.25) is 0 Å². The van der Waals surface area contributed by atoms with Crippen LogP contribution in [0.4, 0.5) is 11.4 Å². The van der Waals surface area contributed by atoms with Crippen molar-refractivity contribution in [2.24, 2.45) is 24.1 Å². The fourth-order valence-electron chi connectivity index (χ4n) is 4.76. The molecule has 46 heavy (non-hydrogen) atoms. The predicted molar refractivity (Wildman–Crippen MR) is 178 cm³/mol. The third-order valence-corrected chi connectivity index (χ3v) is 7.18. The summed E-state index contributed by atoms with van der Waals surface area (Å²) in [5.41, 5.74) is 5.34. The minimum atomic E-state index is -0.447. The maximum absolute atomic E-state index is 13.1. The number of carbonyl (C=O) groups is 2. The van der Waals surface area contributed by atoms with E-state index in [1.54, 1.807) is 74.6 Å². The Morgan fingerprint density at radius 2 is 1.00 bits per heavy atom. The van der Waals surface area contributed by atoms with E-state index in [0.29, 0.717) is 44.8 Å². The molecule has 0 bridgehead atoms. The van der Waals surface area contributed by atoms with Crippen LogP contribution in [0.25, 0.3) is 0 Å². The molecule has 2 aliphatic rings. The molecule has 10 nitrogen and oxygen atoms in total. The summed E-state index contributed by atoms with van der Waals surface area (Å²) in [6.45, 7) is 3.49. The fourth-order valence-corrected chi connectivity index (χ4v) is 4.76. The van der Waals surface area contributed by atoms with Gasteiger partial charge in [-0.1, -0.05) is 0 Å². The number of aliphatic imine (C=N–C) groups is 2. The second-order valence-corrected chi connectivity index (χ2v) is 10.9. The molecule has 0 unspecified atom stereocenters. The normalized spacial score (nSPS) is 13.5. The second kappa shape index (κ2) is 13.6. The molecule has 3 aromatic rings. The summed E-state index contributed by atoms with van der Waals surface area (Å²) in [4.78, 5) is 34.7. The summed E-state index contributed by atoms with van der Waals surface area (Å²) >= 11 is 0. The number of nitrogens with zero attached hydrogens (tertiary/aromatic N) is 4. The highest BCUT2D eigenvalue weighted by molar-refractivity contribution is 6.16. The van der Waals surface area contributed by atoms with Crippen molar-refractivity contribution in [1.82, 2.24) is 0 Å². The first-order valence-corrected chi connectivity index (χ1v) is 14.5. The Labute approximate surface area is 266 Å². The van der Waals surface area contributed by atoms with Gasteiger partial charge in [0, 0.05) is 34.4 Å². The number of carbonyl (C=O) groups excluding carboxylic acids is 2. The van der Waals surface area contributed by atoms with Gasteiger partial charge in [-0.2, -0.15) is 0 Å². The molecule has 0 radical (unpaired) electrons. The maximum Gasteiger partial charge on any atom is 0.277 e. The van der Waals surface area contributed by atoms with Gasteiger partial charge >= 0.3 is 0 Å². The molecule has 2 aliphatic carbocycles. The van der Waals surface area contributed by atoms with Crippen molar-refractivity contribution in [3.05, 3.63) is 155 Å².